The molecule has 0 spiro atoms. The Morgan fingerprint density at radius 2 is 1.65 bits per heavy atom. The number of piperazine rings is 1. The van der Waals surface area contributed by atoms with Crippen molar-refractivity contribution < 1.29 is 19.1 Å². The van der Waals surface area contributed by atoms with E-state index in [4.69, 9.17) is 32.7 Å². The van der Waals surface area contributed by atoms with Gasteiger partial charge in [-0.2, -0.15) is 0 Å². The van der Waals surface area contributed by atoms with Gasteiger partial charge in [0.15, 0.2) is 4.84 Å². The van der Waals surface area contributed by atoms with E-state index in [9.17, 15) is 9.59 Å². The van der Waals surface area contributed by atoms with E-state index in [0.717, 1.165) is 62.9 Å². The Kier molecular flexibility index (Phi) is 9.74. The number of anilines is 3. The maximum Gasteiger partial charge on any atom is 0.257 e. The van der Waals surface area contributed by atoms with Crippen LogP contribution in [0.1, 0.15) is 10.4 Å². The van der Waals surface area contributed by atoms with Gasteiger partial charge in [-0.25, -0.2) is 0 Å². The highest BCUT2D eigenvalue weighted by atomic mass is 35.5. The number of carbonyl (C=O) groups excluding carboxylic acids is 2. The molecule has 0 aliphatic carbocycles. The van der Waals surface area contributed by atoms with Crippen molar-refractivity contribution in [1.82, 2.24) is 10.2 Å². The average Bonchev–Trinajstić information content (AvgIpc) is 2.93. The third-order valence-corrected chi connectivity index (χ3v) is 6.97. The smallest absolute Gasteiger partial charge is 0.257 e. The molecule has 37 heavy (non-hydrogen) atoms. The minimum absolute atomic E-state index is 0.195. The molecule has 2 aliphatic heterocycles. The molecule has 2 N–H and O–H groups in total. The summed E-state index contributed by atoms with van der Waals surface area (Å²) in [7, 11) is 1.68. The van der Waals surface area contributed by atoms with Crippen LogP contribution in [0.25, 0.3) is 0 Å². The SMILES string of the molecule is COc1ccccc1N1CCN(c2ccc(NC(=O)C(Cl)Cl)cc2C(=O)NCCN2CCOCC2)CC1. The van der Waals surface area contributed by atoms with Gasteiger partial charge >= 0.3 is 0 Å². The Bertz CT molecular complexity index is 1070. The van der Waals surface area contributed by atoms with E-state index in [1.807, 2.05) is 24.3 Å². The zero-order chi connectivity index (χ0) is 26.2. The van der Waals surface area contributed by atoms with Gasteiger partial charge in [0.1, 0.15) is 5.75 Å². The lowest BCUT2D eigenvalue weighted by molar-refractivity contribution is -0.114. The monoisotopic (exact) mass is 549 g/mol. The third kappa shape index (κ3) is 7.19. The number of nitrogens with one attached hydrogen (secondary N) is 2. The lowest BCUT2D eigenvalue weighted by Gasteiger charge is -2.38. The fourth-order valence-electron chi connectivity index (χ4n) is 4.60. The third-order valence-electron chi connectivity index (χ3n) is 6.57. The highest BCUT2D eigenvalue weighted by molar-refractivity contribution is 6.54. The molecule has 0 radical (unpaired) electrons. The van der Waals surface area contributed by atoms with Crippen LogP contribution in [0.15, 0.2) is 42.5 Å². The zero-order valence-corrected chi connectivity index (χ0v) is 22.4. The number of rotatable bonds is 9. The topological polar surface area (TPSA) is 86.4 Å². The van der Waals surface area contributed by atoms with E-state index >= 15 is 0 Å². The first-order chi connectivity index (χ1) is 18.0. The summed E-state index contributed by atoms with van der Waals surface area (Å²) in [6.07, 6.45) is 0. The molecule has 0 aromatic heterocycles. The minimum atomic E-state index is -1.20. The number of halogens is 2. The number of carbonyl (C=O) groups is 2. The Hall–Kier alpha value is -2.72. The molecule has 2 saturated heterocycles. The molecule has 0 bridgehead atoms. The van der Waals surface area contributed by atoms with E-state index in [2.05, 4.69) is 31.4 Å². The van der Waals surface area contributed by atoms with Crippen LogP contribution in [0.2, 0.25) is 0 Å². The summed E-state index contributed by atoms with van der Waals surface area (Å²) in [5.74, 6) is 0.105. The fraction of sp³-hybridized carbons (Fsp3) is 0.462. The van der Waals surface area contributed by atoms with Gasteiger partial charge in [-0.1, -0.05) is 35.3 Å². The zero-order valence-electron chi connectivity index (χ0n) is 20.9. The summed E-state index contributed by atoms with van der Waals surface area (Å²) in [5.41, 5.74) is 2.83. The van der Waals surface area contributed by atoms with Crippen LogP contribution >= 0.6 is 23.2 Å². The van der Waals surface area contributed by atoms with Crippen LogP contribution in [-0.2, 0) is 9.53 Å². The van der Waals surface area contributed by atoms with Crippen molar-refractivity contribution >= 4 is 52.1 Å². The fourth-order valence-corrected chi connectivity index (χ4v) is 4.70. The van der Waals surface area contributed by atoms with E-state index in [0.29, 0.717) is 31.0 Å². The Morgan fingerprint density at radius 1 is 0.973 bits per heavy atom. The highest BCUT2D eigenvalue weighted by Gasteiger charge is 2.24. The summed E-state index contributed by atoms with van der Waals surface area (Å²) in [6.45, 7) is 7.40. The van der Waals surface area contributed by atoms with E-state index < -0.39 is 10.7 Å². The molecule has 2 aromatic carbocycles. The number of amides is 2. The molecule has 2 fully saturated rings. The van der Waals surface area contributed by atoms with Crippen molar-refractivity contribution in [2.24, 2.45) is 0 Å². The summed E-state index contributed by atoms with van der Waals surface area (Å²) < 4.78 is 10.9. The van der Waals surface area contributed by atoms with Crippen molar-refractivity contribution in [1.29, 1.82) is 0 Å². The van der Waals surface area contributed by atoms with Gasteiger partial charge in [0.2, 0.25) is 0 Å². The Labute approximate surface area is 227 Å². The predicted octanol–water partition coefficient (Wildman–Crippen LogP) is 2.83. The molecule has 2 aromatic rings. The molecule has 2 aliphatic rings. The second-order valence-electron chi connectivity index (χ2n) is 8.88. The van der Waals surface area contributed by atoms with Crippen LogP contribution in [0, 0.1) is 0 Å². The van der Waals surface area contributed by atoms with Crippen molar-refractivity contribution in [2.75, 3.05) is 87.8 Å². The van der Waals surface area contributed by atoms with Crippen LogP contribution in [0.4, 0.5) is 17.1 Å². The highest BCUT2D eigenvalue weighted by Crippen LogP contribution is 2.31. The van der Waals surface area contributed by atoms with Crippen molar-refractivity contribution in [3.8, 4) is 5.75 Å². The summed E-state index contributed by atoms with van der Waals surface area (Å²) in [6, 6.07) is 13.3. The standard InChI is InChI=1S/C26H33Cl2N5O4/c1-36-23-5-3-2-4-22(23)33-12-10-32(11-13-33)21-7-6-19(30-26(35)24(27)28)18-20(21)25(34)29-8-9-31-14-16-37-17-15-31/h2-7,18,24H,8-17H2,1H3,(H,29,34)(H,30,35). The van der Waals surface area contributed by atoms with Gasteiger partial charge in [-0.3, -0.25) is 14.5 Å². The Balaban J connectivity index is 1.47. The average molecular weight is 550 g/mol. The van der Waals surface area contributed by atoms with Gasteiger partial charge < -0.3 is 29.9 Å². The van der Waals surface area contributed by atoms with Crippen molar-refractivity contribution in [2.45, 2.75) is 4.84 Å². The molecule has 4 rings (SSSR count). The van der Waals surface area contributed by atoms with Crippen LogP contribution in [-0.4, -0.2) is 94.2 Å². The number of alkyl halides is 2. The number of hydrogen-bond acceptors (Lipinski definition) is 7. The molecule has 0 atom stereocenters. The molecular formula is C26H33Cl2N5O4. The first-order valence-electron chi connectivity index (χ1n) is 12.4. The van der Waals surface area contributed by atoms with Gasteiger partial charge in [0, 0.05) is 63.7 Å². The summed E-state index contributed by atoms with van der Waals surface area (Å²) in [5, 5.41) is 5.71. The van der Waals surface area contributed by atoms with Gasteiger partial charge in [-0.15, -0.1) is 0 Å². The number of methoxy groups -OCH3 is 1. The summed E-state index contributed by atoms with van der Waals surface area (Å²) >= 11 is 11.4. The first-order valence-corrected chi connectivity index (χ1v) is 13.3. The van der Waals surface area contributed by atoms with E-state index in [-0.39, 0.29) is 5.91 Å². The largest absolute Gasteiger partial charge is 0.495 e. The number of para-hydroxylation sites is 2. The second-order valence-corrected chi connectivity index (χ2v) is 9.97. The van der Waals surface area contributed by atoms with Crippen molar-refractivity contribution in [3.63, 3.8) is 0 Å². The quantitative estimate of drug-likeness (QED) is 0.465. The number of nitrogens with zero attached hydrogens (tertiary/aromatic N) is 3. The molecule has 0 saturated carbocycles. The van der Waals surface area contributed by atoms with Crippen LogP contribution in [0.5, 0.6) is 5.75 Å². The number of benzene rings is 2. The lowest BCUT2D eigenvalue weighted by Crippen LogP contribution is -2.47. The molecule has 0 unspecified atom stereocenters. The molecule has 2 heterocycles. The van der Waals surface area contributed by atoms with Crippen LogP contribution in [0.3, 0.4) is 0 Å². The molecule has 2 amide bonds. The van der Waals surface area contributed by atoms with Gasteiger partial charge in [-0.05, 0) is 30.3 Å². The first kappa shape index (κ1) is 27.3. The van der Waals surface area contributed by atoms with E-state index in [1.54, 1.807) is 19.2 Å². The maximum atomic E-state index is 13.3. The molecule has 200 valence electrons. The number of morpholine rings is 1. The summed E-state index contributed by atoms with van der Waals surface area (Å²) in [4.78, 5) is 30.9. The number of ether oxygens (including phenoxy) is 2. The van der Waals surface area contributed by atoms with Gasteiger partial charge in [0.25, 0.3) is 11.8 Å². The second kappa shape index (κ2) is 13.2. The lowest BCUT2D eigenvalue weighted by atomic mass is 10.1. The maximum absolute atomic E-state index is 13.3. The molecule has 9 nitrogen and oxygen atoms in total. The minimum Gasteiger partial charge on any atom is -0.495 e. The number of hydrogen-bond donors (Lipinski definition) is 2. The van der Waals surface area contributed by atoms with Gasteiger partial charge in [0.05, 0.1) is 31.6 Å². The van der Waals surface area contributed by atoms with Crippen LogP contribution < -0.4 is 25.2 Å². The molecular weight excluding hydrogens is 517 g/mol. The normalized spacial score (nSPS) is 16.5. The van der Waals surface area contributed by atoms with E-state index in [1.165, 1.54) is 0 Å². The van der Waals surface area contributed by atoms with Crippen molar-refractivity contribution in [3.05, 3.63) is 48.0 Å². The predicted molar refractivity (Wildman–Crippen MR) is 148 cm³/mol. The molecule has 11 heteroatoms. The Morgan fingerprint density at radius 3 is 2.32 bits per heavy atom.